The lowest BCUT2D eigenvalue weighted by Crippen LogP contribution is -2.33. The van der Waals surface area contributed by atoms with Gasteiger partial charge < -0.3 is 20.5 Å². The van der Waals surface area contributed by atoms with Crippen LogP contribution < -0.4 is 5.73 Å². The zero-order valence-corrected chi connectivity index (χ0v) is 11.7. The average Bonchev–Trinajstić information content (AvgIpc) is 2.43. The third kappa shape index (κ3) is 6.27. The van der Waals surface area contributed by atoms with E-state index in [4.69, 9.17) is 15.6 Å². The lowest BCUT2D eigenvalue weighted by molar-refractivity contribution is -0.146. The molecule has 0 spiro atoms. The van der Waals surface area contributed by atoms with Crippen LogP contribution >= 0.6 is 7.60 Å². The standard InChI is InChI=1S/C12H18NO6P/c13-11(6-7-20(16,17)19-9-14)12(15)18-8-10-4-2-1-3-5-10/h1-5,11,14H,6-9,13H2,(H,16,17). The lowest BCUT2D eigenvalue weighted by atomic mass is 10.2. The molecule has 0 amide bonds. The van der Waals surface area contributed by atoms with Crippen molar-refractivity contribution >= 4 is 13.6 Å². The van der Waals surface area contributed by atoms with E-state index in [9.17, 15) is 14.3 Å². The highest BCUT2D eigenvalue weighted by molar-refractivity contribution is 7.52. The first kappa shape index (κ1) is 16.8. The Morgan fingerprint density at radius 3 is 2.60 bits per heavy atom. The predicted molar refractivity (Wildman–Crippen MR) is 71.7 cm³/mol. The molecule has 2 unspecified atom stereocenters. The summed E-state index contributed by atoms with van der Waals surface area (Å²) in [6.07, 6.45) is -0.392. The SMILES string of the molecule is NC(CCP(=O)(O)OCO)C(=O)OCc1ccccc1. The van der Waals surface area contributed by atoms with Crippen LogP contribution in [0.1, 0.15) is 12.0 Å². The van der Waals surface area contributed by atoms with Gasteiger partial charge in [0.15, 0.2) is 6.79 Å². The van der Waals surface area contributed by atoms with Crippen molar-refractivity contribution in [2.45, 2.75) is 19.1 Å². The normalized spacial score (nSPS) is 15.3. The van der Waals surface area contributed by atoms with Crippen LogP contribution in [0.4, 0.5) is 0 Å². The maximum absolute atomic E-state index is 11.6. The van der Waals surface area contributed by atoms with Crippen LogP contribution in [0.3, 0.4) is 0 Å². The van der Waals surface area contributed by atoms with Gasteiger partial charge in [0.1, 0.15) is 12.6 Å². The fraction of sp³-hybridized carbons (Fsp3) is 0.417. The van der Waals surface area contributed by atoms with E-state index < -0.39 is 26.4 Å². The van der Waals surface area contributed by atoms with Crippen molar-refractivity contribution in [3.63, 3.8) is 0 Å². The molecule has 2 atom stereocenters. The molecular formula is C12H18NO6P. The molecule has 0 aliphatic carbocycles. The van der Waals surface area contributed by atoms with E-state index in [0.717, 1.165) is 5.56 Å². The summed E-state index contributed by atoms with van der Waals surface area (Å²) < 4.78 is 20.5. The van der Waals surface area contributed by atoms with Crippen LogP contribution in [0.2, 0.25) is 0 Å². The zero-order chi connectivity index (χ0) is 15.0. The summed E-state index contributed by atoms with van der Waals surface area (Å²) in [5, 5.41) is 8.41. The van der Waals surface area contributed by atoms with E-state index >= 15 is 0 Å². The van der Waals surface area contributed by atoms with Crippen LogP contribution in [-0.2, 0) is 25.2 Å². The van der Waals surface area contributed by atoms with Crippen molar-refractivity contribution in [3.8, 4) is 0 Å². The second-order valence-corrected chi connectivity index (χ2v) is 6.09. The molecule has 0 saturated heterocycles. The van der Waals surface area contributed by atoms with Crippen LogP contribution in [0, 0.1) is 0 Å². The largest absolute Gasteiger partial charge is 0.460 e. The van der Waals surface area contributed by atoms with E-state index in [0.29, 0.717) is 0 Å². The van der Waals surface area contributed by atoms with Gasteiger partial charge in [0.2, 0.25) is 0 Å². The number of carbonyl (C=O) groups is 1. The number of hydrogen-bond acceptors (Lipinski definition) is 6. The highest BCUT2D eigenvalue weighted by Crippen LogP contribution is 2.42. The molecular weight excluding hydrogens is 285 g/mol. The maximum atomic E-state index is 11.6. The number of ether oxygens (including phenoxy) is 1. The van der Waals surface area contributed by atoms with Crippen molar-refractivity contribution < 1.29 is 28.6 Å². The smallest absolute Gasteiger partial charge is 0.330 e. The molecule has 0 fully saturated rings. The minimum atomic E-state index is -3.90. The van der Waals surface area contributed by atoms with Gasteiger partial charge in [-0.05, 0) is 12.0 Å². The second kappa shape index (κ2) is 8.14. The van der Waals surface area contributed by atoms with Gasteiger partial charge in [-0.2, -0.15) is 0 Å². The molecule has 0 aromatic heterocycles. The van der Waals surface area contributed by atoms with Gasteiger partial charge in [0.05, 0.1) is 6.16 Å². The summed E-state index contributed by atoms with van der Waals surface area (Å²) in [6, 6.07) is 8.07. The highest BCUT2D eigenvalue weighted by Gasteiger charge is 2.23. The first-order valence-electron chi connectivity index (χ1n) is 5.98. The third-order valence-electron chi connectivity index (χ3n) is 2.51. The Bertz CT molecular complexity index is 466. The molecule has 0 radical (unpaired) electrons. The molecule has 1 rings (SSSR count). The monoisotopic (exact) mass is 303 g/mol. The van der Waals surface area contributed by atoms with E-state index in [1.54, 1.807) is 12.1 Å². The number of aliphatic hydroxyl groups excluding tert-OH is 1. The summed E-state index contributed by atoms with van der Waals surface area (Å²) in [6.45, 7) is -0.765. The van der Waals surface area contributed by atoms with Gasteiger partial charge in [0, 0.05) is 0 Å². The molecule has 0 aliphatic heterocycles. The Hall–Kier alpha value is -1.24. The third-order valence-corrected chi connectivity index (χ3v) is 3.85. The molecule has 4 N–H and O–H groups in total. The molecule has 1 aromatic rings. The number of hydrogen-bond donors (Lipinski definition) is 3. The minimum absolute atomic E-state index is 0.0681. The van der Waals surface area contributed by atoms with Crippen molar-refractivity contribution in [2.75, 3.05) is 13.0 Å². The summed E-state index contributed by atoms with van der Waals surface area (Å²) in [4.78, 5) is 20.8. The van der Waals surface area contributed by atoms with Gasteiger partial charge in [-0.15, -0.1) is 0 Å². The van der Waals surface area contributed by atoms with Crippen LogP contribution in [0.5, 0.6) is 0 Å². The van der Waals surface area contributed by atoms with Crippen LogP contribution in [-0.4, -0.2) is 35.0 Å². The molecule has 20 heavy (non-hydrogen) atoms. The Kier molecular flexibility index (Phi) is 6.84. The molecule has 0 saturated carbocycles. The van der Waals surface area contributed by atoms with Gasteiger partial charge in [-0.3, -0.25) is 13.9 Å². The topological polar surface area (TPSA) is 119 Å². The van der Waals surface area contributed by atoms with Gasteiger partial charge in [-0.25, -0.2) is 0 Å². The van der Waals surface area contributed by atoms with Crippen molar-refractivity contribution in [1.82, 2.24) is 0 Å². The molecule has 7 nitrogen and oxygen atoms in total. The summed E-state index contributed by atoms with van der Waals surface area (Å²) >= 11 is 0. The second-order valence-electron chi connectivity index (χ2n) is 4.11. The highest BCUT2D eigenvalue weighted by atomic mass is 31.2. The average molecular weight is 303 g/mol. The number of benzene rings is 1. The predicted octanol–water partition coefficient (Wildman–Crippen LogP) is 0.599. The van der Waals surface area contributed by atoms with Crippen molar-refractivity contribution in [2.24, 2.45) is 5.73 Å². The quantitative estimate of drug-likeness (QED) is 0.365. The van der Waals surface area contributed by atoms with E-state index in [2.05, 4.69) is 4.52 Å². The van der Waals surface area contributed by atoms with E-state index in [-0.39, 0.29) is 19.2 Å². The molecule has 1 aromatic carbocycles. The number of esters is 1. The maximum Gasteiger partial charge on any atom is 0.330 e. The Balaban J connectivity index is 2.34. The first-order chi connectivity index (χ1) is 9.44. The van der Waals surface area contributed by atoms with Crippen LogP contribution in [0.15, 0.2) is 30.3 Å². The summed E-state index contributed by atoms with van der Waals surface area (Å²) in [7, 11) is -3.90. The van der Waals surface area contributed by atoms with Gasteiger partial charge in [0.25, 0.3) is 0 Å². The molecule has 8 heteroatoms. The van der Waals surface area contributed by atoms with Gasteiger partial charge in [-0.1, -0.05) is 30.3 Å². The van der Waals surface area contributed by atoms with Crippen molar-refractivity contribution in [1.29, 1.82) is 0 Å². The zero-order valence-electron chi connectivity index (χ0n) is 10.8. The number of rotatable bonds is 8. The number of aliphatic hydroxyl groups is 1. The Labute approximate surface area is 116 Å². The minimum Gasteiger partial charge on any atom is -0.460 e. The molecule has 0 bridgehead atoms. The van der Waals surface area contributed by atoms with E-state index in [1.165, 1.54) is 0 Å². The van der Waals surface area contributed by atoms with E-state index in [1.807, 2.05) is 18.2 Å². The Morgan fingerprint density at radius 2 is 2.00 bits per heavy atom. The number of nitrogens with two attached hydrogens (primary N) is 1. The number of carbonyl (C=O) groups excluding carboxylic acids is 1. The molecule has 112 valence electrons. The first-order valence-corrected chi connectivity index (χ1v) is 7.74. The molecule has 0 heterocycles. The molecule has 0 aliphatic rings. The van der Waals surface area contributed by atoms with Crippen LogP contribution in [0.25, 0.3) is 0 Å². The summed E-state index contributed by atoms with van der Waals surface area (Å²) in [5.41, 5.74) is 6.38. The lowest BCUT2D eigenvalue weighted by Gasteiger charge is -2.14. The van der Waals surface area contributed by atoms with Gasteiger partial charge >= 0.3 is 13.6 Å². The summed E-state index contributed by atoms with van der Waals surface area (Å²) in [5.74, 6) is -0.655. The Morgan fingerprint density at radius 1 is 1.35 bits per heavy atom. The fourth-order valence-electron chi connectivity index (χ4n) is 1.41. The fourth-order valence-corrected chi connectivity index (χ4v) is 2.32. The van der Waals surface area contributed by atoms with Crippen molar-refractivity contribution in [3.05, 3.63) is 35.9 Å².